The lowest BCUT2D eigenvalue weighted by Gasteiger charge is -2.24. The van der Waals surface area contributed by atoms with Gasteiger partial charge in [0.25, 0.3) is 0 Å². The number of sulfonamides is 1. The van der Waals surface area contributed by atoms with Crippen LogP contribution in [-0.2, 0) is 14.8 Å². The first-order valence-corrected chi connectivity index (χ1v) is 8.18. The van der Waals surface area contributed by atoms with Crippen LogP contribution >= 0.6 is 0 Å². The fourth-order valence-electron chi connectivity index (χ4n) is 1.54. The molecule has 1 rings (SSSR count). The highest BCUT2D eigenvalue weighted by molar-refractivity contribution is 7.89. The van der Waals surface area contributed by atoms with Crippen molar-refractivity contribution in [3.63, 3.8) is 0 Å². The summed E-state index contributed by atoms with van der Waals surface area (Å²) < 4.78 is 32.3. The van der Waals surface area contributed by atoms with E-state index in [0.29, 0.717) is 18.8 Å². The van der Waals surface area contributed by atoms with Crippen LogP contribution in [0.1, 0.15) is 27.2 Å². The molecule has 1 aromatic carbocycles. The van der Waals surface area contributed by atoms with E-state index in [1.807, 2.05) is 20.8 Å². The van der Waals surface area contributed by atoms with Gasteiger partial charge in [-0.3, -0.25) is 0 Å². The minimum Gasteiger partial charge on any atom is -0.381 e. The Hall–Kier alpha value is -1.11. The molecule has 0 aliphatic carbocycles. The van der Waals surface area contributed by atoms with Crippen LogP contribution in [0.25, 0.3) is 0 Å². The topological polar surface area (TPSA) is 67.4 Å². The molecule has 0 aliphatic rings. The standard InChI is InChI=1S/C14H24N2O3S/c1-5-10-16-20(17,18)13-9-7-6-8-12(13)15-11-14(2,3)19-4/h6-9,15-16H,5,10-11H2,1-4H3. The molecule has 0 radical (unpaired) electrons. The highest BCUT2D eigenvalue weighted by Gasteiger charge is 2.20. The fraction of sp³-hybridized carbons (Fsp3) is 0.571. The molecule has 6 heteroatoms. The summed E-state index contributed by atoms with van der Waals surface area (Å²) >= 11 is 0. The molecule has 5 nitrogen and oxygen atoms in total. The van der Waals surface area contributed by atoms with Crippen LogP contribution in [0.4, 0.5) is 5.69 Å². The lowest BCUT2D eigenvalue weighted by molar-refractivity contribution is 0.0343. The molecule has 0 saturated carbocycles. The first-order chi connectivity index (χ1) is 9.32. The summed E-state index contributed by atoms with van der Waals surface area (Å²) in [5.41, 5.74) is 0.217. The minimum absolute atomic E-state index is 0.264. The van der Waals surface area contributed by atoms with Crippen molar-refractivity contribution in [3.05, 3.63) is 24.3 Å². The molecule has 0 amide bonds. The van der Waals surface area contributed by atoms with Crippen LogP contribution in [-0.4, -0.2) is 34.2 Å². The summed E-state index contributed by atoms with van der Waals surface area (Å²) in [5.74, 6) is 0. The average molecular weight is 300 g/mol. The summed E-state index contributed by atoms with van der Waals surface area (Å²) in [6, 6.07) is 6.88. The molecule has 20 heavy (non-hydrogen) atoms. The third-order valence-electron chi connectivity index (χ3n) is 2.98. The van der Waals surface area contributed by atoms with Gasteiger partial charge in [0.15, 0.2) is 0 Å². The predicted octanol–water partition coefficient (Wildman–Crippen LogP) is 2.21. The Morgan fingerprint density at radius 1 is 1.25 bits per heavy atom. The molecular weight excluding hydrogens is 276 g/mol. The van der Waals surface area contributed by atoms with Crippen LogP contribution < -0.4 is 10.0 Å². The third-order valence-corrected chi connectivity index (χ3v) is 4.49. The van der Waals surface area contributed by atoms with Crippen molar-refractivity contribution in [2.45, 2.75) is 37.7 Å². The molecule has 0 atom stereocenters. The van der Waals surface area contributed by atoms with Gasteiger partial charge in [-0.25, -0.2) is 13.1 Å². The highest BCUT2D eigenvalue weighted by Crippen LogP contribution is 2.21. The number of nitrogens with one attached hydrogen (secondary N) is 2. The zero-order valence-corrected chi connectivity index (χ0v) is 13.4. The lowest BCUT2D eigenvalue weighted by atomic mass is 10.1. The fourth-order valence-corrected chi connectivity index (χ4v) is 2.86. The molecule has 0 unspecified atom stereocenters. The first-order valence-electron chi connectivity index (χ1n) is 6.70. The van der Waals surface area contributed by atoms with E-state index in [1.54, 1.807) is 31.4 Å². The van der Waals surface area contributed by atoms with Gasteiger partial charge in [0.05, 0.1) is 11.3 Å². The highest BCUT2D eigenvalue weighted by atomic mass is 32.2. The van der Waals surface area contributed by atoms with E-state index in [2.05, 4.69) is 10.0 Å². The summed E-state index contributed by atoms with van der Waals surface area (Å²) in [7, 11) is -1.85. The maximum atomic E-state index is 12.2. The van der Waals surface area contributed by atoms with Crippen LogP contribution in [0, 0.1) is 0 Å². The van der Waals surface area contributed by atoms with E-state index in [4.69, 9.17) is 4.74 Å². The second kappa shape index (κ2) is 7.06. The van der Waals surface area contributed by atoms with E-state index in [0.717, 1.165) is 6.42 Å². The Morgan fingerprint density at radius 3 is 2.50 bits per heavy atom. The second-order valence-corrected chi connectivity index (χ2v) is 6.95. The van der Waals surface area contributed by atoms with Crippen LogP contribution in [0.2, 0.25) is 0 Å². The SMILES string of the molecule is CCCNS(=O)(=O)c1ccccc1NCC(C)(C)OC. The van der Waals surface area contributed by atoms with Crippen LogP contribution in [0.3, 0.4) is 0 Å². The van der Waals surface area contributed by atoms with Gasteiger partial charge in [-0.1, -0.05) is 19.1 Å². The molecular formula is C14H24N2O3S. The number of benzene rings is 1. The maximum absolute atomic E-state index is 12.2. The zero-order valence-electron chi connectivity index (χ0n) is 12.6. The molecule has 0 fully saturated rings. The molecule has 0 aromatic heterocycles. The van der Waals surface area contributed by atoms with Crippen molar-refractivity contribution < 1.29 is 13.2 Å². The van der Waals surface area contributed by atoms with Gasteiger partial charge in [-0.05, 0) is 32.4 Å². The van der Waals surface area contributed by atoms with Gasteiger partial charge in [-0.15, -0.1) is 0 Å². The van der Waals surface area contributed by atoms with Crippen molar-refractivity contribution in [1.29, 1.82) is 0 Å². The summed E-state index contributed by atoms with van der Waals surface area (Å²) in [6.45, 7) is 6.75. The molecule has 0 aliphatic heterocycles. The minimum atomic E-state index is -3.48. The number of para-hydroxylation sites is 1. The molecule has 0 spiro atoms. The van der Waals surface area contributed by atoms with Crippen molar-refractivity contribution in [2.75, 3.05) is 25.5 Å². The Bertz CT molecular complexity index is 527. The number of anilines is 1. The smallest absolute Gasteiger partial charge is 0.242 e. The van der Waals surface area contributed by atoms with Crippen molar-refractivity contribution in [2.24, 2.45) is 0 Å². The van der Waals surface area contributed by atoms with E-state index in [-0.39, 0.29) is 10.5 Å². The van der Waals surface area contributed by atoms with Gasteiger partial charge in [0, 0.05) is 20.2 Å². The Labute approximate surface area is 121 Å². The van der Waals surface area contributed by atoms with Crippen molar-refractivity contribution in [3.8, 4) is 0 Å². The Balaban J connectivity index is 2.94. The van der Waals surface area contributed by atoms with Crippen molar-refractivity contribution >= 4 is 15.7 Å². The second-order valence-electron chi connectivity index (χ2n) is 5.21. The molecule has 0 saturated heterocycles. The number of hydrogen-bond donors (Lipinski definition) is 2. The quantitative estimate of drug-likeness (QED) is 0.772. The first kappa shape index (κ1) is 16.9. The number of ether oxygens (including phenoxy) is 1. The number of rotatable bonds is 8. The van der Waals surface area contributed by atoms with Gasteiger partial charge < -0.3 is 10.1 Å². The van der Waals surface area contributed by atoms with Crippen LogP contribution in [0.15, 0.2) is 29.2 Å². The average Bonchev–Trinajstić information content (AvgIpc) is 2.43. The molecule has 2 N–H and O–H groups in total. The molecule has 0 bridgehead atoms. The van der Waals surface area contributed by atoms with E-state index in [1.165, 1.54) is 0 Å². The Kier molecular flexibility index (Phi) is 5.98. The van der Waals surface area contributed by atoms with Crippen LogP contribution in [0.5, 0.6) is 0 Å². The van der Waals surface area contributed by atoms with Gasteiger partial charge >= 0.3 is 0 Å². The lowest BCUT2D eigenvalue weighted by Crippen LogP contribution is -2.33. The third kappa shape index (κ3) is 4.77. The van der Waals surface area contributed by atoms with Gasteiger partial charge in [0.1, 0.15) is 4.90 Å². The van der Waals surface area contributed by atoms with E-state index >= 15 is 0 Å². The number of methoxy groups -OCH3 is 1. The van der Waals surface area contributed by atoms with E-state index in [9.17, 15) is 8.42 Å². The van der Waals surface area contributed by atoms with Crippen molar-refractivity contribution in [1.82, 2.24) is 4.72 Å². The molecule has 1 aromatic rings. The van der Waals surface area contributed by atoms with Gasteiger partial charge in [0.2, 0.25) is 10.0 Å². The zero-order chi connectivity index (χ0) is 15.2. The summed E-state index contributed by atoms with van der Waals surface area (Å²) in [6.07, 6.45) is 0.755. The molecule has 114 valence electrons. The Morgan fingerprint density at radius 2 is 1.90 bits per heavy atom. The monoisotopic (exact) mass is 300 g/mol. The summed E-state index contributed by atoms with van der Waals surface area (Å²) in [5, 5.41) is 3.14. The normalized spacial score (nSPS) is 12.4. The van der Waals surface area contributed by atoms with Gasteiger partial charge in [-0.2, -0.15) is 0 Å². The summed E-state index contributed by atoms with van der Waals surface area (Å²) in [4.78, 5) is 0.264. The predicted molar refractivity (Wildman–Crippen MR) is 81.5 cm³/mol. The maximum Gasteiger partial charge on any atom is 0.242 e. The van der Waals surface area contributed by atoms with E-state index < -0.39 is 10.0 Å². The largest absolute Gasteiger partial charge is 0.381 e. The molecule has 0 heterocycles. The number of hydrogen-bond acceptors (Lipinski definition) is 4.